The highest BCUT2D eigenvalue weighted by Gasteiger charge is 2.16. The largest absolute Gasteiger partial charge is 0.376 e. The second-order valence-electron chi connectivity index (χ2n) is 6.67. The third-order valence-corrected chi connectivity index (χ3v) is 4.26. The molecule has 1 atom stereocenters. The predicted molar refractivity (Wildman–Crippen MR) is 110 cm³/mol. The van der Waals surface area contributed by atoms with Gasteiger partial charge in [0.25, 0.3) is 5.91 Å². The Balaban J connectivity index is 1.74. The number of aliphatic imine (C=N–C) groups is 1. The van der Waals surface area contributed by atoms with E-state index in [1.165, 1.54) is 19.1 Å². The number of carbonyl (C=O) groups excluding carboxylic acids is 2. The van der Waals surface area contributed by atoms with Gasteiger partial charge >= 0.3 is 0 Å². The zero-order chi connectivity index (χ0) is 20.6. The SMILES string of the molecule is CC(=O)Nc1cccc(C(=O)NC(=NCC2CCCO2)Nc2ccc(F)cc2)c1. The number of anilines is 2. The molecule has 1 aliphatic heterocycles. The molecule has 0 aliphatic carbocycles. The first-order chi connectivity index (χ1) is 14.0. The Kier molecular flexibility index (Phi) is 6.91. The normalized spacial score (nSPS) is 16.3. The fourth-order valence-corrected chi connectivity index (χ4v) is 2.88. The summed E-state index contributed by atoms with van der Waals surface area (Å²) in [6, 6.07) is 12.3. The van der Waals surface area contributed by atoms with E-state index in [9.17, 15) is 14.0 Å². The van der Waals surface area contributed by atoms with E-state index in [2.05, 4.69) is 20.9 Å². The van der Waals surface area contributed by atoms with Crippen LogP contribution in [0.5, 0.6) is 0 Å². The summed E-state index contributed by atoms with van der Waals surface area (Å²) in [6.45, 7) is 2.51. The van der Waals surface area contributed by atoms with Gasteiger partial charge in [-0.05, 0) is 55.3 Å². The van der Waals surface area contributed by atoms with Crippen molar-refractivity contribution < 1.29 is 18.7 Å². The van der Waals surface area contributed by atoms with Crippen molar-refractivity contribution in [3.05, 3.63) is 59.9 Å². The highest BCUT2D eigenvalue weighted by atomic mass is 19.1. The zero-order valence-corrected chi connectivity index (χ0v) is 16.1. The van der Waals surface area contributed by atoms with Crippen LogP contribution in [-0.2, 0) is 9.53 Å². The molecule has 1 heterocycles. The molecule has 152 valence electrons. The van der Waals surface area contributed by atoms with Crippen LogP contribution in [0, 0.1) is 5.82 Å². The number of nitrogens with zero attached hydrogens (tertiary/aromatic N) is 1. The van der Waals surface area contributed by atoms with Gasteiger partial charge in [0.2, 0.25) is 11.9 Å². The predicted octanol–water partition coefficient (Wildman–Crippen LogP) is 3.16. The maximum absolute atomic E-state index is 13.2. The van der Waals surface area contributed by atoms with Gasteiger partial charge in [0.15, 0.2) is 0 Å². The standard InChI is InChI=1S/C21H23FN4O3/c1-14(27)24-18-5-2-4-15(12-18)20(28)26-21(23-13-19-6-3-11-29-19)25-17-9-7-16(22)8-10-17/h2,4-5,7-10,12,19H,3,6,11,13H2,1H3,(H,24,27)(H2,23,25,26,28). The number of hydrogen-bond donors (Lipinski definition) is 3. The molecule has 0 radical (unpaired) electrons. The van der Waals surface area contributed by atoms with Gasteiger partial charge in [-0.15, -0.1) is 0 Å². The number of guanidine groups is 1. The van der Waals surface area contributed by atoms with Crippen molar-refractivity contribution in [1.29, 1.82) is 0 Å². The second-order valence-corrected chi connectivity index (χ2v) is 6.67. The quantitative estimate of drug-likeness (QED) is 0.533. The van der Waals surface area contributed by atoms with E-state index in [4.69, 9.17) is 4.74 Å². The van der Waals surface area contributed by atoms with E-state index >= 15 is 0 Å². The Labute approximate surface area is 168 Å². The Morgan fingerprint density at radius 2 is 1.93 bits per heavy atom. The van der Waals surface area contributed by atoms with Crippen molar-refractivity contribution in [3.8, 4) is 0 Å². The molecule has 1 unspecified atom stereocenters. The Hall–Kier alpha value is -3.26. The van der Waals surface area contributed by atoms with E-state index < -0.39 is 5.91 Å². The van der Waals surface area contributed by atoms with E-state index in [1.807, 2.05) is 0 Å². The summed E-state index contributed by atoms with van der Waals surface area (Å²) in [4.78, 5) is 28.4. The van der Waals surface area contributed by atoms with Gasteiger partial charge in [-0.3, -0.25) is 14.9 Å². The third kappa shape index (κ3) is 6.39. The van der Waals surface area contributed by atoms with Crippen LogP contribution in [0.15, 0.2) is 53.5 Å². The highest BCUT2D eigenvalue weighted by Crippen LogP contribution is 2.14. The van der Waals surface area contributed by atoms with Crippen LogP contribution in [0.4, 0.5) is 15.8 Å². The summed E-state index contributed by atoms with van der Waals surface area (Å²) in [7, 11) is 0. The van der Waals surface area contributed by atoms with Gasteiger partial charge in [-0.2, -0.15) is 0 Å². The maximum atomic E-state index is 13.2. The number of benzene rings is 2. The van der Waals surface area contributed by atoms with Crippen LogP contribution in [0.2, 0.25) is 0 Å². The van der Waals surface area contributed by atoms with Crippen LogP contribution >= 0.6 is 0 Å². The summed E-state index contributed by atoms with van der Waals surface area (Å²) in [5.74, 6) is -0.730. The van der Waals surface area contributed by atoms with Gasteiger partial charge < -0.3 is 15.4 Å². The van der Waals surface area contributed by atoms with Crippen molar-refractivity contribution >= 4 is 29.1 Å². The molecule has 29 heavy (non-hydrogen) atoms. The fourth-order valence-electron chi connectivity index (χ4n) is 2.88. The molecule has 3 rings (SSSR count). The number of hydrogen-bond acceptors (Lipinski definition) is 4. The molecule has 2 aromatic rings. The minimum Gasteiger partial charge on any atom is -0.376 e. The van der Waals surface area contributed by atoms with Gasteiger partial charge in [-0.1, -0.05) is 6.07 Å². The lowest BCUT2D eigenvalue weighted by atomic mass is 10.2. The van der Waals surface area contributed by atoms with Crippen molar-refractivity contribution in [1.82, 2.24) is 5.32 Å². The number of amides is 2. The van der Waals surface area contributed by atoms with Crippen LogP contribution < -0.4 is 16.0 Å². The van der Waals surface area contributed by atoms with Gasteiger partial charge in [0.1, 0.15) is 5.82 Å². The molecular weight excluding hydrogens is 375 g/mol. The molecule has 7 nitrogen and oxygen atoms in total. The molecule has 2 aromatic carbocycles. The lowest BCUT2D eigenvalue weighted by molar-refractivity contribution is -0.114. The summed E-state index contributed by atoms with van der Waals surface area (Å²) < 4.78 is 18.7. The zero-order valence-electron chi connectivity index (χ0n) is 16.1. The van der Waals surface area contributed by atoms with Gasteiger partial charge in [0, 0.05) is 30.5 Å². The molecule has 3 N–H and O–H groups in total. The minimum atomic E-state index is -0.391. The smallest absolute Gasteiger partial charge is 0.258 e. The summed E-state index contributed by atoms with van der Waals surface area (Å²) in [6.07, 6.45) is 1.92. The van der Waals surface area contributed by atoms with Crippen LogP contribution in [0.3, 0.4) is 0 Å². The lowest BCUT2D eigenvalue weighted by Gasteiger charge is -2.14. The highest BCUT2D eigenvalue weighted by molar-refractivity contribution is 6.10. The number of halogens is 1. The first kappa shape index (κ1) is 20.5. The van der Waals surface area contributed by atoms with E-state index in [1.54, 1.807) is 36.4 Å². The van der Waals surface area contributed by atoms with Crippen LogP contribution in [0.25, 0.3) is 0 Å². The molecule has 1 aliphatic rings. The average Bonchev–Trinajstić information content (AvgIpc) is 3.21. The number of ether oxygens (including phenoxy) is 1. The molecule has 1 saturated heterocycles. The molecule has 2 amide bonds. The first-order valence-corrected chi connectivity index (χ1v) is 9.37. The topological polar surface area (TPSA) is 91.8 Å². The second kappa shape index (κ2) is 9.79. The van der Waals surface area contributed by atoms with Crippen molar-refractivity contribution in [2.24, 2.45) is 4.99 Å². The number of rotatable bonds is 5. The van der Waals surface area contributed by atoms with Crippen molar-refractivity contribution in [2.45, 2.75) is 25.9 Å². The van der Waals surface area contributed by atoms with E-state index in [-0.39, 0.29) is 23.8 Å². The van der Waals surface area contributed by atoms with Gasteiger partial charge in [-0.25, -0.2) is 9.38 Å². The number of nitrogens with one attached hydrogen (secondary N) is 3. The Morgan fingerprint density at radius 1 is 1.14 bits per heavy atom. The first-order valence-electron chi connectivity index (χ1n) is 9.37. The number of carbonyl (C=O) groups is 2. The van der Waals surface area contributed by atoms with Crippen LogP contribution in [-0.4, -0.2) is 37.0 Å². The molecule has 1 fully saturated rings. The van der Waals surface area contributed by atoms with E-state index in [0.717, 1.165) is 12.8 Å². The van der Waals surface area contributed by atoms with Crippen molar-refractivity contribution in [2.75, 3.05) is 23.8 Å². The average molecular weight is 398 g/mol. The Morgan fingerprint density at radius 3 is 2.62 bits per heavy atom. The summed E-state index contributed by atoms with van der Waals surface area (Å²) in [5.41, 5.74) is 1.47. The molecule has 0 spiro atoms. The monoisotopic (exact) mass is 398 g/mol. The van der Waals surface area contributed by atoms with E-state index in [0.29, 0.717) is 30.1 Å². The fraction of sp³-hybridized carbons (Fsp3) is 0.286. The lowest BCUT2D eigenvalue weighted by Crippen LogP contribution is -2.36. The Bertz CT molecular complexity index is 893. The molecule has 0 saturated carbocycles. The molecular formula is C21H23FN4O3. The third-order valence-electron chi connectivity index (χ3n) is 4.26. The summed E-state index contributed by atoms with van der Waals surface area (Å²) >= 11 is 0. The maximum Gasteiger partial charge on any atom is 0.258 e. The molecule has 0 aromatic heterocycles. The van der Waals surface area contributed by atoms with Crippen molar-refractivity contribution in [3.63, 3.8) is 0 Å². The summed E-state index contributed by atoms with van der Waals surface area (Å²) in [5, 5.41) is 8.39. The molecule has 0 bridgehead atoms. The molecule has 8 heteroatoms. The minimum absolute atomic E-state index is 0.0139. The van der Waals surface area contributed by atoms with Gasteiger partial charge in [0.05, 0.1) is 12.6 Å². The van der Waals surface area contributed by atoms with Crippen LogP contribution in [0.1, 0.15) is 30.1 Å².